The Morgan fingerprint density at radius 2 is 1.26 bits per heavy atom. The Morgan fingerprint density at radius 1 is 0.806 bits per heavy atom. The monoisotopic (exact) mass is 442 g/mol. The molecule has 0 aromatic heterocycles. The number of carbonyl (C=O) groups excluding carboxylic acids is 3. The van der Waals surface area contributed by atoms with Gasteiger partial charge >= 0.3 is 11.9 Å². The summed E-state index contributed by atoms with van der Waals surface area (Å²) in [6, 6.07) is 0. The molecule has 31 heavy (non-hydrogen) atoms. The van der Waals surface area contributed by atoms with Gasteiger partial charge in [0.1, 0.15) is 6.61 Å². The van der Waals surface area contributed by atoms with Gasteiger partial charge < -0.3 is 19.7 Å². The largest absolute Gasteiger partial charge is 0.444 e. The van der Waals surface area contributed by atoms with Gasteiger partial charge in [0.15, 0.2) is 5.78 Å². The van der Waals surface area contributed by atoms with Gasteiger partial charge in [0.2, 0.25) is 6.10 Å². The molecule has 0 aromatic carbocycles. The summed E-state index contributed by atoms with van der Waals surface area (Å²) in [6.07, 6.45) is 16.6. The molecule has 0 spiro atoms. The molecule has 7 heteroatoms. The van der Waals surface area contributed by atoms with E-state index >= 15 is 0 Å². The van der Waals surface area contributed by atoms with Crippen molar-refractivity contribution < 1.29 is 34.1 Å². The van der Waals surface area contributed by atoms with Crippen LogP contribution < -0.4 is 0 Å². The minimum absolute atomic E-state index is 0.0327. The fourth-order valence-electron chi connectivity index (χ4n) is 3.88. The van der Waals surface area contributed by atoms with E-state index in [0.29, 0.717) is 6.42 Å². The molecule has 1 aliphatic rings. The second-order valence-electron chi connectivity index (χ2n) is 8.61. The van der Waals surface area contributed by atoms with Gasteiger partial charge in [0.25, 0.3) is 5.60 Å². The van der Waals surface area contributed by atoms with Crippen LogP contribution in [0.15, 0.2) is 0 Å². The molecule has 0 aliphatic carbocycles. The quantitative estimate of drug-likeness (QED) is 0.177. The fraction of sp³-hybridized carbons (Fsp3) is 0.875. The summed E-state index contributed by atoms with van der Waals surface area (Å²) in [5.74, 6) is -2.78. The number of ketones is 1. The number of hydrogen-bond acceptors (Lipinski definition) is 7. The third-order valence-corrected chi connectivity index (χ3v) is 5.96. The number of cyclic esters (lactones) is 2. The highest BCUT2D eigenvalue weighted by Gasteiger charge is 2.55. The van der Waals surface area contributed by atoms with Crippen molar-refractivity contribution in [3.05, 3.63) is 0 Å². The standard InChI is InChI=1S/C24H42O7/c1-2-3-4-5-6-7-8-9-10-11-12-13-14-15-16-17-21(27)24(19-26)23(29)30-20(18-25)22(28)31-24/h20,25-26H,2-19H2,1H3. The second kappa shape index (κ2) is 16.2. The number of rotatable bonds is 19. The van der Waals surface area contributed by atoms with E-state index in [-0.39, 0.29) is 6.42 Å². The van der Waals surface area contributed by atoms with Crippen LogP contribution in [-0.2, 0) is 23.9 Å². The zero-order valence-corrected chi connectivity index (χ0v) is 19.2. The van der Waals surface area contributed by atoms with Gasteiger partial charge in [-0.2, -0.15) is 0 Å². The molecule has 1 heterocycles. The summed E-state index contributed by atoms with van der Waals surface area (Å²) in [5, 5.41) is 18.5. The summed E-state index contributed by atoms with van der Waals surface area (Å²) in [7, 11) is 0. The SMILES string of the molecule is CCCCCCCCCCCCCCCCCC(=O)C1(CO)OC(=O)C(CO)OC1=O. The number of esters is 2. The fourth-order valence-corrected chi connectivity index (χ4v) is 3.88. The Hall–Kier alpha value is -1.47. The van der Waals surface area contributed by atoms with Gasteiger partial charge in [-0.1, -0.05) is 96.8 Å². The van der Waals surface area contributed by atoms with E-state index in [4.69, 9.17) is 14.6 Å². The first-order chi connectivity index (χ1) is 15.0. The number of hydrogen-bond donors (Lipinski definition) is 2. The van der Waals surface area contributed by atoms with Crippen LogP contribution >= 0.6 is 0 Å². The lowest BCUT2D eigenvalue weighted by Gasteiger charge is -2.34. The number of unbranched alkanes of at least 4 members (excludes halogenated alkanes) is 14. The summed E-state index contributed by atoms with van der Waals surface area (Å²) >= 11 is 0. The maximum absolute atomic E-state index is 12.4. The van der Waals surface area contributed by atoms with Crippen molar-refractivity contribution in [2.24, 2.45) is 0 Å². The van der Waals surface area contributed by atoms with Crippen LogP contribution in [0, 0.1) is 0 Å². The van der Waals surface area contributed by atoms with Gasteiger partial charge in [-0.05, 0) is 6.42 Å². The van der Waals surface area contributed by atoms with E-state index in [2.05, 4.69) is 6.92 Å². The summed E-state index contributed by atoms with van der Waals surface area (Å²) < 4.78 is 9.66. The normalized spacial score (nSPS) is 21.1. The van der Waals surface area contributed by atoms with Crippen LogP contribution in [0.3, 0.4) is 0 Å². The maximum atomic E-state index is 12.4. The first kappa shape index (κ1) is 27.6. The number of aliphatic hydroxyl groups excluding tert-OH is 2. The third-order valence-electron chi connectivity index (χ3n) is 5.96. The van der Waals surface area contributed by atoms with E-state index in [9.17, 15) is 19.5 Å². The lowest BCUT2D eigenvalue weighted by atomic mass is 9.93. The van der Waals surface area contributed by atoms with E-state index in [1.807, 2.05) is 0 Å². The van der Waals surface area contributed by atoms with Crippen LogP contribution in [0.1, 0.15) is 110 Å². The smallest absolute Gasteiger partial charge is 0.362 e. The lowest BCUT2D eigenvalue weighted by Crippen LogP contribution is -2.61. The average molecular weight is 443 g/mol. The number of ether oxygens (including phenoxy) is 2. The first-order valence-corrected chi connectivity index (χ1v) is 12.2. The summed E-state index contributed by atoms with van der Waals surface area (Å²) in [5.41, 5.74) is -2.28. The Kier molecular flexibility index (Phi) is 14.4. The van der Waals surface area contributed by atoms with Crippen LogP contribution in [-0.4, -0.2) is 52.9 Å². The highest BCUT2D eigenvalue weighted by atomic mass is 16.7. The van der Waals surface area contributed by atoms with Crippen LogP contribution in [0.2, 0.25) is 0 Å². The molecule has 0 bridgehead atoms. The minimum Gasteiger partial charge on any atom is -0.444 e. The maximum Gasteiger partial charge on any atom is 0.362 e. The van der Waals surface area contributed by atoms with Crippen molar-refractivity contribution in [2.75, 3.05) is 13.2 Å². The molecule has 7 nitrogen and oxygen atoms in total. The van der Waals surface area contributed by atoms with Gasteiger partial charge in [-0.3, -0.25) is 4.79 Å². The van der Waals surface area contributed by atoms with Crippen LogP contribution in [0.5, 0.6) is 0 Å². The van der Waals surface area contributed by atoms with E-state index in [0.717, 1.165) is 19.3 Å². The predicted molar refractivity (Wildman–Crippen MR) is 117 cm³/mol. The minimum atomic E-state index is -2.28. The Morgan fingerprint density at radius 3 is 1.68 bits per heavy atom. The zero-order chi connectivity index (χ0) is 23.0. The molecule has 2 unspecified atom stereocenters. The number of aliphatic hydroxyl groups is 2. The van der Waals surface area contributed by atoms with E-state index < -0.39 is 42.6 Å². The molecule has 2 N–H and O–H groups in total. The predicted octanol–water partition coefficient (Wildman–Crippen LogP) is 4.01. The average Bonchev–Trinajstić information content (AvgIpc) is 2.77. The van der Waals surface area contributed by atoms with Crippen LogP contribution in [0.25, 0.3) is 0 Å². The molecule has 0 saturated carbocycles. The van der Waals surface area contributed by atoms with Gasteiger partial charge in [-0.15, -0.1) is 0 Å². The van der Waals surface area contributed by atoms with Crippen molar-refractivity contribution in [1.29, 1.82) is 0 Å². The number of Topliss-reactive ketones (excluding diaryl/α,β-unsaturated/α-hetero) is 1. The van der Waals surface area contributed by atoms with E-state index in [1.54, 1.807) is 0 Å². The molecular formula is C24H42O7. The topological polar surface area (TPSA) is 110 Å². The van der Waals surface area contributed by atoms with Gasteiger partial charge in [-0.25, -0.2) is 9.59 Å². The lowest BCUT2D eigenvalue weighted by molar-refractivity contribution is -0.217. The Labute approximate surface area is 186 Å². The van der Waals surface area contributed by atoms with Crippen molar-refractivity contribution in [3.8, 4) is 0 Å². The summed E-state index contributed by atoms with van der Waals surface area (Å²) in [4.78, 5) is 36.2. The highest BCUT2D eigenvalue weighted by Crippen LogP contribution is 2.25. The Bertz CT molecular complexity index is 534. The van der Waals surface area contributed by atoms with Crippen molar-refractivity contribution in [3.63, 3.8) is 0 Å². The van der Waals surface area contributed by atoms with Gasteiger partial charge in [0, 0.05) is 6.42 Å². The second-order valence-corrected chi connectivity index (χ2v) is 8.61. The zero-order valence-electron chi connectivity index (χ0n) is 19.2. The molecule has 2 atom stereocenters. The van der Waals surface area contributed by atoms with E-state index in [1.165, 1.54) is 70.6 Å². The molecular weight excluding hydrogens is 400 g/mol. The highest BCUT2D eigenvalue weighted by molar-refractivity contribution is 6.10. The molecule has 1 rings (SSSR count). The summed E-state index contributed by atoms with van der Waals surface area (Å²) in [6.45, 7) is 0.569. The molecule has 180 valence electrons. The van der Waals surface area contributed by atoms with Crippen LogP contribution in [0.4, 0.5) is 0 Å². The molecule has 0 radical (unpaired) electrons. The molecule has 1 fully saturated rings. The van der Waals surface area contributed by atoms with Crippen molar-refractivity contribution in [1.82, 2.24) is 0 Å². The van der Waals surface area contributed by atoms with Crippen molar-refractivity contribution in [2.45, 2.75) is 121 Å². The Balaban J connectivity index is 2.06. The van der Waals surface area contributed by atoms with Crippen molar-refractivity contribution >= 4 is 17.7 Å². The number of carbonyl (C=O) groups is 3. The third kappa shape index (κ3) is 9.69. The molecule has 1 saturated heterocycles. The molecule has 0 amide bonds. The molecule has 1 aliphatic heterocycles. The van der Waals surface area contributed by atoms with Gasteiger partial charge in [0.05, 0.1) is 6.61 Å². The molecule has 0 aromatic rings. The first-order valence-electron chi connectivity index (χ1n) is 12.2.